The second-order valence-corrected chi connectivity index (χ2v) is 5.08. The average Bonchev–Trinajstić information content (AvgIpc) is 2.79. The molecule has 1 aliphatic heterocycles. The minimum absolute atomic E-state index is 0.375. The van der Waals surface area contributed by atoms with Crippen LogP contribution in [0, 0.1) is 0 Å². The van der Waals surface area contributed by atoms with Crippen molar-refractivity contribution in [2.45, 2.75) is 25.0 Å². The van der Waals surface area contributed by atoms with Crippen molar-refractivity contribution in [1.82, 2.24) is 0 Å². The molecular weight excluding hydrogens is 248 g/mol. The maximum atomic E-state index is 11.2. The molecule has 1 aromatic heterocycles. The SMILES string of the molecule is C[C@](O)(CO)[C@H]1Cc2cc3ccc(=O)oc3cc2O1. The van der Waals surface area contributed by atoms with E-state index < -0.39 is 17.3 Å². The van der Waals surface area contributed by atoms with Crippen molar-refractivity contribution in [3.8, 4) is 5.75 Å². The molecule has 0 spiro atoms. The van der Waals surface area contributed by atoms with E-state index in [1.54, 1.807) is 12.1 Å². The van der Waals surface area contributed by atoms with Gasteiger partial charge in [-0.15, -0.1) is 0 Å². The number of benzene rings is 1. The van der Waals surface area contributed by atoms with Crippen LogP contribution >= 0.6 is 0 Å². The van der Waals surface area contributed by atoms with E-state index in [0.29, 0.717) is 17.8 Å². The summed E-state index contributed by atoms with van der Waals surface area (Å²) < 4.78 is 10.7. The molecule has 0 aliphatic carbocycles. The van der Waals surface area contributed by atoms with Crippen molar-refractivity contribution >= 4 is 11.0 Å². The Morgan fingerprint density at radius 3 is 2.95 bits per heavy atom. The molecule has 0 radical (unpaired) electrons. The number of fused-ring (bicyclic) bond motifs is 2. The van der Waals surface area contributed by atoms with Gasteiger partial charge in [0.15, 0.2) is 0 Å². The third-order valence-electron chi connectivity index (χ3n) is 3.49. The summed E-state index contributed by atoms with van der Waals surface area (Å²) in [5.74, 6) is 0.584. The van der Waals surface area contributed by atoms with Crippen LogP contribution in [-0.4, -0.2) is 28.5 Å². The Bertz CT molecular complexity index is 686. The Kier molecular flexibility index (Phi) is 2.62. The van der Waals surface area contributed by atoms with Crippen molar-refractivity contribution < 1.29 is 19.4 Å². The van der Waals surface area contributed by atoms with Gasteiger partial charge in [0.25, 0.3) is 0 Å². The van der Waals surface area contributed by atoms with Gasteiger partial charge in [-0.3, -0.25) is 0 Å². The van der Waals surface area contributed by atoms with Crippen molar-refractivity contribution in [2.24, 2.45) is 0 Å². The zero-order valence-electron chi connectivity index (χ0n) is 10.4. The van der Waals surface area contributed by atoms with Crippen LogP contribution in [0.25, 0.3) is 11.0 Å². The third-order valence-corrected chi connectivity index (χ3v) is 3.49. The standard InChI is InChI=1S/C14H14O5/c1-14(17,7-15)12-5-9-4-8-2-3-13(16)19-10(8)6-11(9)18-12/h2-4,6,12,15,17H,5,7H2,1H3/t12-,14+/m1/s1. The molecule has 5 nitrogen and oxygen atoms in total. The molecule has 0 saturated carbocycles. The highest BCUT2D eigenvalue weighted by Gasteiger charge is 2.38. The summed E-state index contributed by atoms with van der Waals surface area (Å²) in [6.07, 6.45) is 0.00819. The molecule has 2 N–H and O–H groups in total. The van der Waals surface area contributed by atoms with Gasteiger partial charge in [0.2, 0.25) is 0 Å². The molecule has 0 unspecified atom stereocenters. The highest BCUT2D eigenvalue weighted by molar-refractivity contribution is 5.79. The van der Waals surface area contributed by atoms with E-state index in [1.807, 2.05) is 6.07 Å². The summed E-state index contributed by atoms with van der Waals surface area (Å²) in [5, 5.41) is 20.0. The number of hydrogen-bond acceptors (Lipinski definition) is 5. The average molecular weight is 262 g/mol. The van der Waals surface area contributed by atoms with Gasteiger partial charge in [0.1, 0.15) is 23.0 Å². The predicted octanol–water partition coefficient (Wildman–Crippen LogP) is 0.840. The van der Waals surface area contributed by atoms with Gasteiger partial charge in [0, 0.05) is 23.9 Å². The lowest BCUT2D eigenvalue weighted by molar-refractivity contribution is -0.0729. The van der Waals surface area contributed by atoms with Crippen LogP contribution in [0.1, 0.15) is 12.5 Å². The van der Waals surface area contributed by atoms with Gasteiger partial charge < -0.3 is 19.4 Å². The van der Waals surface area contributed by atoms with Crippen LogP contribution < -0.4 is 10.4 Å². The largest absolute Gasteiger partial charge is 0.487 e. The molecule has 1 aliphatic rings. The third kappa shape index (κ3) is 2.01. The van der Waals surface area contributed by atoms with Gasteiger partial charge in [0.05, 0.1) is 6.61 Å². The van der Waals surface area contributed by atoms with E-state index in [-0.39, 0.29) is 6.61 Å². The highest BCUT2D eigenvalue weighted by Crippen LogP contribution is 2.35. The second kappa shape index (κ2) is 4.08. The lowest BCUT2D eigenvalue weighted by Crippen LogP contribution is -2.45. The van der Waals surface area contributed by atoms with Gasteiger partial charge in [-0.25, -0.2) is 4.79 Å². The second-order valence-electron chi connectivity index (χ2n) is 5.08. The monoisotopic (exact) mass is 262 g/mol. The Hall–Kier alpha value is -1.85. The van der Waals surface area contributed by atoms with Gasteiger partial charge in [-0.05, 0) is 24.6 Å². The molecule has 1 aromatic carbocycles. The molecule has 5 heteroatoms. The number of rotatable bonds is 2. The smallest absolute Gasteiger partial charge is 0.336 e. The summed E-state index contributed by atoms with van der Waals surface area (Å²) in [5.41, 5.74) is -0.327. The summed E-state index contributed by atoms with van der Waals surface area (Å²) >= 11 is 0. The highest BCUT2D eigenvalue weighted by atomic mass is 16.5. The van der Waals surface area contributed by atoms with E-state index in [9.17, 15) is 9.90 Å². The van der Waals surface area contributed by atoms with Gasteiger partial charge in [-0.2, -0.15) is 0 Å². The zero-order valence-corrected chi connectivity index (χ0v) is 10.4. The minimum Gasteiger partial charge on any atom is -0.487 e. The molecule has 0 bridgehead atoms. The normalized spacial score (nSPS) is 20.9. The number of hydrogen-bond donors (Lipinski definition) is 2. The maximum absolute atomic E-state index is 11.2. The van der Waals surface area contributed by atoms with Gasteiger partial charge >= 0.3 is 5.63 Å². The number of aliphatic hydroxyl groups is 2. The Labute approximate surface area is 109 Å². The first-order valence-corrected chi connectivity index (χ1v) is 6.06. The lowest BCUT2D eigenvalue weighted by Gasteiger charge is -2.26. The molecule has 3 rings (SSSR count). The number of ether oxygens (including phenoxy) is 1. The maximum Gasteiger partial charge on any atom is 0.336 e. The zero-order chi connectivity index (χ0) is 13.6. The molecule has 19 heavy (non-hydrogen) atoms. The van der Waals surface area contributed by atoms with Crippen LogP contribution in [0.2, 0.25) is 0 Å². The fourth-order valence-electron chi connectivity index (χ4n) is 2.26. The van der Waals surface area contributed by atoms with Crippen LogP contribution in [-0.2, 0) is 6.42 Å². The van der Waals surface area contributed by atoms with Crippen molar-refractivity contribution in [3.05, 3.63) is 40.2 Å². The van der Waals surface area contributed by atoms with Gasteiger partial charge in [-0.1, -0.05) is 0 Å². The Balaban J connectivity index is 2.04. The molecular formula is C14H14O5. The summed E-state index contributed by atoms with van der Waals surface area (Å²) in [6.45, 7) is 1.16. The van der Waals surface area contributed by atoms with E-state index in [4.69, 9.17) is 14.3 Å². The molecule has 2 heterocycles. The van der Waals surface area contributed by atoms with Crippen molar-refractivity contribution in [2.75, 3.05) is 6.61 Å². The summed E-state index contributed by atoms with van der Waals surface area (Å²) in [6, 6.07) is 6.59. The van der Waals surface area contributed by atoms with Crippen LogP contribution in [0.5, 0.6) is 5.75 Å². The first-order valence-electron chi connectivity index (χ1n) is 6.06. The molecule has 0 amide bonds. The summed E-state index contributed by atoms with van der Waals surface area (Å²) in [7, 11) is 0. The number of aliphatic hydroxyl groups excluding tert-OH is 1. The van der Waals surface area contributed by atoms with Crippen molar-refractivity contribution in [1.29, 1.82) is 0 Å². The lowest BCUT2D eigenvalue weighted by atomic mass is 9.96. The van der Waals surface area contributed by atoms with Crippen LogP contribution in [0.4, 0.5) is 0 Å². The minimum atomic E-state index is -1.30. The predicted molar refractivity (Wildman–Crippen MR) is 68.3 cm³/mol. The molecule has 0 fully saturated rings. The first-order chi connectivity index (χ1) is 8.99. The fraction of sp³-hybridized carbons (Fsp3) is 0.357. The van der Waals surface area contributed by atoms with E-state index in [2.05, 4.69) is 0 Å². The quantitative estimate of drug-likeness (QED) is 0.784. The van der Waals surface area contributed by atoms with Crippen LogP contribution in [0.3, 0.4) is 0 Å². The molecule has 2 aromatic rings. The first kappa shape index (κ1) is 12.2. The summed E-state index contributed by atoms with van der Waals surface area (Å²) in [4.78, 5) is 11.2. The van der Waals surface area contributed by atoms with Crippen molar-refractivity contribution in [3.63, 3.8) is 0 Å². The topological polar surface area (TPSA) is 79.9 Å². The van der Waals surface area contributed by atoms with E-state index in [1.165, 1.54) is 13.0 Å². The fourth-order valence-corrected chi connectivity index (χ4v) is 2.26. The van der Waals surface area contributed by atoms with E-state index >= 15 is 0 Å². The molecule has 0 saturated heterocycles. The Morgan fingerprint density at radius 2 is 2.21 bits per heavy atom. The molecule has 2 atom stereocenters. The Morgan fingerprint density at radius 1 is 1.42 bits per heavy atom. The molecule has 100 valence electrons. The van der Waals surface area contributed by atoms with Crippen LogP contribution in [0.15, 0.2) is 33.5 Å². The van der Waals surface area contributed by atoms with E-state index in [0.717, 1.165) is 10.9 Å².